The van der Waals surface area contributed by atoms with E-state index in [0.29, 0.717) is 0 Å². The van der Waals surface area contributed by atoms with Gasteiger partial charge in [0.15, 0.2) is 0 Å². The molecule has 0 aliphatic carbocycles. The number of benzene rings is 1. The van der Waals surface area contributed by atoms with E-state index in [0.717, 1.165) is 21.0 Å². The summed E-state index contributed by atoms with van der Waals surface area (Å²) >= 11 is 1.38. The van der Waals surface area contributed by atoms with Crippen LogP contribution in [0.1, 0.15) is 0 Å². The van der Waals surface area contributed by atoms with E-state index in [1.54, 1.807) is 12.3 Å². The Balaban J connectivity index is 2.65. The van der Waals surface area contributed by atoms with Crippen molar-refractivity contribution in [3.63, 3.8) is 0 Å². The van der Waals surface area contributed by atoms with Crippen molar-refractivity contribution in [2.24, 2.45) is 0 Å². The van der Waals surface area contributed by atoms with Crippen LogP contribution in [0.2, 0.25) is 0 Å². The Hall–Kier alpha value is -1.81. The van der Waals surface area contributed by atoms with Gasteiger partial charge in [0.2, 0.25) is 0 Å². The lowest BCUT2D eigenvalue weighted by atomic mass is 10.2. The maximum Gasteiger partial charge on any atom is 0.270 e. The molecular weight excluding hydrogens is 208 g/mol. The van der Waals surface area contributed by atoms with Crippen molar-refractivity contribution >= 4 is 32.5 Å². The summed E-state index contributed by atoms with van der Waals surface area (Å²) in [6.07, 6.45) is 1.74. The average Bonchev–Trinajstić information content (AvgIpc) is 2.48. The zero-order valence-electron chi connectivity index (χ0n) is 7.68. The third-order valence-electron chi connectivity index (χ3n) is 2.27. The molecule has 0 atom stereocenters. The molecule has 0 saturated carbocycles. The number of fused-ring (bicyclic) bond motifs is 3. The lowest BCUT2D eigenvalue weighted by molar-refractivity contribution is 1.36. The molecule has 0 amide bonds. The molecule has 3 nitrogen and oxygen atoms in total. The quantitative estimate of drug-likeness (QED) is 0.576. The van der Waals surface area contributed by atoms with Crippen LogP contribution in [0.5, 0.6) is 0 Å². The highest BCUT2D eigenvalue weighted by Gasteiger charge is 2.03. The summed E-state index contributed by atoms with van der Waals surface area (Å²) in [6.45, 7) is 0. The molecule has 0 N–H and O–H groups in total. The van der Waals surface area contributed by atoms with Gasteiger partial charge >= 0.3 is 0 Å². The topological polar surface area (TPSA) is 42.9 Å². The van der Waals surface area contributed by atoms with E-state index in [-0.39, 0.29) is 5.56 Å². The van der Waals surface area contributed by atoms with Gasteiger partial charge in [0.1, 0.15) is 0 Å². The van der Waals surface area contributed by atoms with Crippen LogP contribution < -0.4 is 5.56 Å². The minimum atomic E-state index is -0.184. The first kappa shape index (κ1) is 8.49. The zero-order chi connectivity index (χ0) is 10.3. The fraction of sp³-hybridized carbons (Fsp3) is 0. The van der Waals surface area contributed by atoms with Crippen LogP contribution in [-0.2, 0) is 0 Å². The van der Waals surface area contributed by atoms with Crippen molar-refractivity contribution in [3.8, 4) is 0 Å². The van der Waals surface area contributed by atoms with Crippen molar-refractivity contribution < 1.29 is 0 Å². The maximum atomic E-state index is 11.2. The molecule has 0 bridgehead atoms. The van der Waals surface area contributed by atoms with Gasteiger partial charge in [-0.05, 0) is 29.1 Å². The second kappa shape index (κ2) is 3.10. The summed E-state index contributed by atoms with van der Waals surface area (Å²) in [7, 11) is 0. The molecule has 0 unspecified atom stereocenters. The number of rotatable bonds is 0. The molecule has 0 radical (unpaired) electrons. The largest absolute Gasteiger partial charge is 0.270 e. The average molecular weight is 214 g/mol. The Labute approximate surface area is 89.2 Å². The Morgan fingerprint density at radius 2 is 2.13 bits per heavy atom. The van der Waals surface area contributed by atoms with Crippen LogP contribution >= 0.6 is 11.5 Å². The molecule has 1 aromatic carbocycles. The van der Waals surface area contributed by atoms with Crippen LogP contribution in [0.3, 0.4) is 0 Å². The predicted molar refractivity (Wildman–Crippen MR) is 61.2 cm³/mol. The van der Waals surface area contributed by atoms with E-state index in [1.165, 1.54) is 11.5 Å². The van der Waals surface area contributed by atoms with Crippen molar-refractivity contribution in [2.45, 2.75) is 0 Å². The van der Waals surface area contributed by atoms with E-state index in [2.05, 4.69) is 9.36 Å². The van der Waals surface area contributed by atoms with Gasteiger partial charge in [0.05, 0.1) is 10.2 Å². The lowest BCUT2D eigenvalue weighted by Crippen LogP contribution is -1.92. The molecule has 2 heterocycles. The van der Waals surface area contributed by atoms with Crippen molar-refractivity contribution in [3.05, 3.63) is 46.9 Å². The van der Waals surface area contributed by atoms with Gasteiger partial charge in [-0.25, -0.2) is 9.36 Å². The van der Waals surface area contributed by atoms with Crippen molar-refractivity contribution in [1.82, 2.24) is 9.36 Å². The van der Waals surface area contributed by atoms with E-state index in [4.69, 9.17) is 0 Å². The lowest BCUT2D eigenvalue weighted by Gasteiger charge is -1.91. The van der Waals surface area contributed by atoms with Crippen LogP contribution in [0, 0.1) is 0 Å². The third-order valence-corrected chi connectivity index (χ3v) is 3.13. The summed E-state index contributed by atoms with van der Waals surface area (Å²) in [4.78, 5) is 15.1. The molecule has 4 heteroatoms. The Morgan fingerprint density at radius 1 is 1.20 bits per heavy atom. The second-order valence-electron chi connectivity index (χ2n) is 3.22. The van der Waals surface area contributed by atoms with Gasteiger partial charge in [-0.3, -0.25) is 4.79 Å². The molecular formula is C11H6N2OS. The van der Waals surface area contributed by atoms with Crippen LogP contribution in [0.25, 0.3) is 21.0 Å². The first-order valence-corrected chi connectivity index (χ1v) is 5.26. The first-order chi connectivity index (χ1) is 7.34. The first-order valence-electron chi connectivity index (χ1n) is 4.49. The normalized spacial score (nSPS) is 10.9. The van der Waals surface area contributed by atoms with Gasteiger partial charge in [-0.15, -0.1) is 0 Å². The molecule has 15 heavy (non-hydrogen) atoms. The SMILES string of the molecule is O=c1cc2c(ccc3cccnsc32)n1. The highest BCUT2D eigenvalue weighted by Crippen LogP contribution is 2.24. The Bertz CT molecular complexity index is 705. The molecule has 0 saturated heterocycles. The maximum absolute atomic E-state index is 11.2. The summed E-state index contributed by atoms with van der Waals surface area (Å²) in [5, 5.41) is 1.98. The number of nitrogens with zero attached hydrogens (tertiary/aromatic N) is 2. The summed E-state index contributed by atoms with van der Waals surface area (Å²) in [5.41, 5.74) is 0.563. The smallest absolute Gasteiger partial charge is 0.267 e. The molecule has 3 rings (SSSR count). The van der Waals surface area contributed by atoms with Gasteiger partial charge in [-0.2, -0.15) is 0 Å². The Kier molecular flexibility index (Phi) is 1.76. The van der Waals surface area contributed by atoms with Gasteiger partial charge in [0.25, 0.3) is 5.56 Å². The molecule has 0 spiro atoms. The second-order valence-corrected chi connectivity index (χ2v) is 4.02. The van der Waals surface area contributed by atoms with Gasteiger partial charge < -0.3 is 0 Å². The molecule has 0 aliphatic rings. The number of hydrogen-bond donors (Lipinski definition) is 0. The Morgan fingerprint density at radius 3 is 3.07 bits per heavy atom. The van der Waals surface area contributed by atoms with E-state index >= 15 is 0 Å². The van der Waals surface area contributed by atoms with Gasteiger partial charge in [0, 0.05) is 17.6 Å². The third kappa shape index (κ3) is 1.30. The molecule has 0 fully saturated rings. The molecule has 3 aromatic rings. The summed E-state index contributed by atoms with van der Waals surface area (Å²) in [5.74, 6) is 0. The van der Waals surface area contributed by atoms with Crippen LogP contribution in [0.4, 0.5) is 0 Å². The van der Waals surface area contributed by atoms with E-state index < -0.39 is 0 Å². The highest BCUT2D eigenvalue weighted by molar-refractivity contribution is 7.13. The van der Waals surface area contributed by atoms with Crippen LogP contribution in [-0.4, -0.2) is 9.36 Å². The standard InChI is InChI=1S/C11H6N2OS/c14-10-6-8-9(13-10)4-3-7-2-1-5-12-15-11(7)8/h1-6H. The van der Waals surface area contributed by atoms with Crippen molar-refractivity contribution in [1.29, 1.82) is 0 Å². The van der Waals surface area contributed by atoms with E-state index in [9.17, 15) is 4.79 Å². The highest BCUT2D eigenvalue weighted by atomic mass is 32.1. The number of aromatic nitrogens is 2. The minimum absolute atomic E-state index is 0.184. The van der Waals surface area contributed by atoms with Crippen LogP contribution in [0.15, 0.2) is 41.3 Å². The summed E-state index contributed by atoms with van der Waals surface area (Å²) in [6, 6.07) is 9.26. The number of hydrogen-bond acceptors (Lipinski definition) is 4. The summed E-state index contributed by atoms with van der Waals surface area (Å²) < 4.78 is 5.15. The fourth-order valence-electron chi connectivity index (χ4n) is 1.62. The molecule has 72 valence electrons. The van der Waals surface area contributed by atoms with Crippen molar-refractivity contribution in [2.75, 3.05) is 0 Å². The van der Waals surface area contributed by atoms with E-state index in [1.807, 2.05) is 24.3 Å². The fourth-order valence-corrected chi connectivity index (χ4v) is 2.36. The minimum Gasteiger partial charge on any atom is -0.267 e. The molecule has 0 aliphatic heterocycles. The molecule has 2 aromatic heterocycles. The van der Waals surface area contributed by atoms with Gasteiger partial charge in [-0.1, -0.05) is 12.1 Å². The predicted octanol–water partition coefficient (Wildman–Crippen LogP) is 2.20. The monoisotopic (exact) mass is 214 g/mol. The zero-order valence-corrected chi connectivity index (χ0v) is 8.49.